The van der Waals surface area contributed by atoms with E-state index in [9.17, 15) is 13.0 Å². The van der Waals surface area contributed by atoms with Crippen molar-refractivity contribution in [1.29, 1.82) is 0 Å². The zero-order valence-corrected chi connectivity index (χ0v) is 20.8. The highest BCUT2D eigenvalue weighted by atomic mass is 32.2. The van der Waals surface area contributed by atoms with Crippen molar-refractivity contribution in [3.05, 3.63) is 53.6 Å². The number of morpholine rings is 1. The second-order valence-electron chi connectivity index (χ2n) is 7.83. The van der Waals surface area contributed by atoms with E-state index in [0.717, 1.165) is 54.5 Å². The van der Waals surface area contributed by atoms with Crippen LogP contribution in [0.3, 0.4) is 0 Å². The van der Waals surface area contributed by atoms with E-state index >= 15 is 0 Å². The van der Waals surface area contributed by atoms with Crippen LogP contribution >= 0.6 is 0 Å². The Kier molecular flexibility index (Phi) is 9.20. The Morgan fingerprint density at radius 3 is 2.37 bits per heavy atom. The molecule has 11 nitrogen and oxygen atoms in total. The van der Waals surface area contributed by atoms with Gasteiger partial charge >= 0.3 is 10.6 Å². The van der Waals surface area contributed by atoms with Crippen molar-refractivity contribution in [3.63, 3.8) is 0 Å². The standard InChI is InChI=1S/C22H26N4O4S.O3S/c1-2-3-7-20-23-21(25-22(24-20)26-10-12-30-13-11-26)15-17-6-4-5-16-14-18(31(27,28)29)8-9-19(16)17;1-4(2)3/h4-6,8-9,14H,2-3,7,10-13,15H2,1H3,(H,27,28,29);. The molecule has 0 atom stereocenters. The number of nitrogens with zero attached hydrogens (tertiary/aromatic N) is 4. The zero-order chi connectivity index (χ0) is 25.4. The van der Waals surface area contributed by atoms with Gasteiger partial charge in [-0.2, -0.15) is 18.4 Å². The molecule has 4 rings (SSSR count). The minimum Gasteiger partial charge on any atom is -0.378 e. The number of aryl methyl sites for hydroxylation is 1. The van der Waals surface area contributed by atoms with Crippen molar-refractivity contribution >= 4 is 37.4 Å². The Morgan fingerprint density at radius 1 is 1.03 bits per heavy atom. The molecule has 0 amide bonds. The molecule has 0 bridgehead atoms. The van der Waals surface area contributed by atoms with E-state index in [1.54, 1.807) is 6.07 Å². The normalized spacial score (nSPS) is 13.8. The zero-order valence-electron chi connectivity index (χ0n) is 19.1. The Hall–Kier alpha value is -3.00. The third kappa shape index (κ3) is 7.75. The summed E-state index contributed by atoms with van der Waals surface area (Å²) in [6, 6.07) is 10.3. The molecule has 1 aliphatic heterocycles. The van der Waals surface area contributed by atoms with Gasteiger partial charge in [-0.25, -0.2) is 4.98 Å². The number of anilines is 1. The maximum Gasteiger partial charge on any atom is 0.425 e. The molecular formula is C22H26N4O7S2. The molecule has 35 heavy (non-hydrogen) atoms. The topological polar surface area (TPSA) is 157 Å². The Bertz CT molecular complexity index is 1380. The minimum atomic E-state index is -4.25. The largest absolute Gasteiger partial charge is 0.425 e. The summed E-state index contributed by atoms with van der Waals surface area (Å²) >= 11 is 0. The summed E-state index contributed by atoms with van der Waals surface area (Å²) in [5.41, 5.74) is 0.986. The van der Waals surface area contributed by atoms with Crippen molar-refractivity contribution in [1.82, 2.24) is 15.0 Å². The van der Waals surface area contributed by atoms with Gasteiger partial charge in [-0.3, -0.25) is 4.55 Å². The van der Waals surface area contributed by atoms with Crippen molar-refractivity contribution < 1.29 is 30.3 Å². The molecule has 13 heteroatoms. The summed E-state index contributed by atoms with van der Waals surface area (Å²) in [5.74, 6) is 2.17. The molecule has 0 unspecified atom stereocenters. The molecule has 1 aliphatic rings. The first kappa shape index (κ1) is 26.6. The average molecular weight is 523 g/mol. The van der Waals surface area contributed by atoms with Crippen molar-refractivity contribution in [2.45, 2.75) is 37.5 Å². The van der Waals surface area contributed by atoms with Gasteiger partial charge in [0.1, 0.15) is 11.6 Å². The number of unbranched alkanes of at least 4 members (excludes halogenated alkanes) is 1. The van der Waals surface area contributed by atoms with Crippen LogP contribution in [0, 0.1) is 0 Å². The summed E-state index contributed by atoms with van der Waals surface area (Å²) in [6.45, 7) is 4.96. The fraction of sp³-hybridized carbons (Fsp3) is 0.409. The van der Waals surface area contributed by atoms with E-state index in [1.165, 1.54) is 12.1 Å². The molecule has 0 spiro atoms. The average Bonchev–Trinajstić information content (AvgIpc) is 2.82. The summed E-state index contributed by atoms with van der Waals surface area (Å²) in [4.78, 5) is 16.1. The van der Waals surface area contributed by atoms with Gasteiger partial charge in [0.15, 0.2) is 0 Å². The highest BCUT2D eigenvalue weighted by Gasteiger charge is 2.17. The first-order valence-corrected chi connectivity index (χ1v) is 13.4. The number of hydrogen-bond donors (Lipinski definition) is 1. The fourth-order valence-electron chi connectivity index (χ4n) is 3.70. The van der Waals surface area contributed by atoms with Crippen molar-refractivity contribution in [2.24, 2.45) is 0 Å². The number of aromatic nitrogens is 3. The van der Waals surface area contributed by atoms with Crippen molar-refractivity contribution in [3.8, 4) is 0 Å². The van der Waals surface area contributed by atoms with E-state index in [0.29, 0.717) is 31.4 Å². The van der Waals surface area contributed by atoms with Crippen LogP contribution in [0.1, 0.15) is 37.0 Å². The molecule has 1 aromatic heterocycles. The summed E-state index contributed by atoms with van der Waals surface area (Å²) < 4.78 is 63.1. The quantitative estimate of drug-likeness (QED) is 0.453. The SMILES string of the molecule is CCCCc1nc(Cc2cccc3cc(S(=O)(=O)O)ccc23)nc(N2CCOCC2)n1.O=S(=O)=O. The molecule has 0 saturated carbocycles. The first-order chi connectivity index (χ1) is 16.7. The number of ether oxygens (including phenoxy) is 1. The fourth-order valence-corrected chi connectivity index (χ4v) is 4.22. The lowest BCUT2D eigenvalue weighted by Crippen LogP contribution is -2.37. The maximum atomic E-state index is 11.5. The third-order valence-corrected chi connectivity index (χ3v) is 6.20. The molecule has 0 radical (unpaired) electrons. The van der Waals surface area contributed by atoms with E-state index in [-0.39, 0.29) is 4.90 Å². The predicted molar refractivity (Wildman–Crippen MR) is 128 cm³/mol. The molecule has 1 N–H and O–H groups in total. The third-order valence-electron chi connectivity index (χ3n) is 5.35. The second kappa shape index (κ2) is 12.1. The second-order valence-corrected chi connectivity index (χ2v) is 9.66. The summed E-state index contributed by atoms with van der Waals surface area (Å²) in [7, 11) is -7.36. The lowest BCUT2D eigenvalue weighted by molar-refractivity contribution is 0.122. The number of benzene rings is 2. The van der Waals surface area contributed by atoms with Crippen molar-refractivity contribution in [2.75, 3.05) is 31.2 Å². The van der Waals surface area contributed by atoms with E-state index in [4.69, 9.17) is 32.3 Å². The van der Waals surface area contributed by atoms with Gasteiger partial charge in [-0.15, -0.1) is 12.6 Å². The number of hydrogen-bond acceptors (Lipinski definition) is 10. The predicted octanol–water partition coefficient (Wildman–Crippen LogP) is 2.04. The van der Waals surface area contributed by atoms with Gasteiger partial charge in [0.05, 0.1) is 18.1 Å². The lowest BCUT2D eigenvalue weighted by Gasteiger charge is -2.27. The van der Waals surface area contributed by atoms with Crippen LogP contribution in [0.2, 0.25) is 0 Å². The Morgan fingerprint density at radius 2 is 1.71 bits per heavy atom. The number of fused-ring (bicyclic) bond motifs is 1. The van der Waals surface area contributed by atoms with Gasteiger partial charge in [0, 0.05) is 25.9 Å². The van der Waals surface area contributed by atoms with Crippen LogP contribution in [-0.4, -0.2) is 66.9 Å². The van der Waals surface area contributed by atoms with Gasteiger partial charge in [0.25, 0.3) is 10.1 Å². The van der Waals surface area contributed by atoms with Crippen LogP contribution in [0.25, 0.3) is 10.8 Å². The molecule has 2 aromatic carbocycles. The smallest absolute Gasteiger partial charge is 0.378 e. The van der Waals surface area contributed by atoms with E-state index in [2.05, 4.69) is 11.8 Å². The molecule has 188 valence electrons. The molecule has 2 heterocycles. The summed E-state index contributed by atoms with van der Waals surface area (Å²) in [5, 5.41) is 1.64. The maximum absolute atomic E-state index is 11.5. The monoisotopic (exact) mass is 522 g/mol. The van der Waals surface area contributed by atoms with E-state index in [1.807, 2.05) is 18.2 Å². The molecule has 3 aromatic rings. The first-order valence-electron chi connectivity index (χ1n) is 11.0. The van der Waals surface area contributed by atoms with Crippen LogP contribution in [0.4, 0.5) is 5.95 Å². The van der Waals surface area contributed by atoms with Crippen LogP contribution in [0.15, 0.2) is 41.3 Å². The van der Waals surface area contributed by atoms with Crippen LogP contribution in [-0.2, 0) is 38.3 Å². The van der Waals surface area contributed by atoms with Gasteiger partial charge in [-0.05, 0) is 34.9 Å². The van der Waals surface area contributed by atoms with Gasteiger partial charge < -0.3 is 9.64 Å². The molecule has 0 aliphatic carbocycles. The Balaban J connectivity index is 0.000000795. The van der Waals surface area contributed by atoms with Gasteiger partial charge in [0.2, 0.25) is 5.95 Å². The van der Waals surface area contributed by atoms with Crippen LogP contribution < -0.4 is 4.90 Å². The number of rotatable bonds is 7. The molecular weight excluding hydrogens is 496 g/mol. The molecule has 1 fully saturated rings. The highest BCUT2D eigenvalue weighted by Crippen LogP contribution is 2.24. The van der Waals surface area contributed by atoms with Gasteiger partial charge in [-0.1, -0.05) is 37.6 Å². The Labute approximate surface area is 205 Å². The van der Waals surface area contributed by atoms with Crippen LogP contribution in [0.5, 0.6) is 0 Å². The molecule has 1 saturated heterocycles. The highest BCUT2D eigenvalue weighted by molar-refractivity contribution is 7.85. The lowest BCUT2D eigenvalue weighted by atomic mass is 10.0. The summed E-state index contributed by atoms with van der Waals surface area (Å²) in [6.07, 6.45) is 3.38. The minimum absolute atomic E-state index is 0.117. The van der Waals surface area contributed by atoms with E-state index < -0.39 is 20.7 Å².